The molecular weight excluding hydrogens is 326 g/mol. The Morgan fingerprint density at radius 2 is 2.04 bits per heavy atom. The van der Waals surface area contributed by atoms with Crippen LogP contribution in [0.2, 0.25) is 0 Å². The van der Waals surface area contributed by atoms with E-state index in [2.05, 4.69) is 24.1 Å². The third-order valence-electron chi connectivity index (χ3n) is 4.12. The van der Waals surface area contributed by atoms with Crippen molar-refractivity contribution in [2.45, 2.75) is 26.7 Å². The summed E-state index contributed by atoms with van der Waals surface area (Å²) in [6.45, 7) is 10.5. The van der Waals surface area contributed by atoms with Crippen molar-refractivity contribution in [1.29, 1.82) is 0 Å². The number of urea groups is 1. The molecular formula is C17H27N3O3S. The molecule has 7 heteroatoms. The van der Waals surface area contributed by atoms with E-state index < -0.39 is 0 Å². The number of ether oxygens (including phenoxy) is 1. The van der Waals surface area contributed by atoms with Crippen molar-refractivity contribution < 1.29 is 14.3 Å². The molecule has 0 radical (unpaired) electrons. The Morgan fingerprint density at radius 3 is 2.62 bits per heavy atom. The summed E-state index contributed by atoms with van der Waals surface area (Å²) in [5, 5.41) is 3.54. The summed E-state index contributed by atoms with van der Waals surface area (Å²) in [7, 11) is 1.78. The number of carbonyl (C=O) groups is 2. The molecule has 0 atom stereocenters. The van der Waals surface area contributed by atoms with Crippen molar-refractivity contribution in [1.82, 2.24) is 9.80 Å². The van der Waals surface area contributed by atoms with Crippen molar-refractivity contribution in [3.63, 3.8) is 0 Å². The third-order valence-corrected chi connectivity index (χ3v) is 5.47. The lowest BCUT2D eigenvalue weighted by Crippen LogP contribution is -2.42. The highest BCUT2D eigenvalue weighted by Gasteiger charge is 2.19. The molecule has 2 heterocycles. The average Bonchev–Trinajstić information content (AvgIpc) is 2.98. The number of hydrogen-bond donors (Lipinski definition) is 1. The monoisotopic (exact) mass is 353 g/mol. The van der Waals surface area contributed by atoms with E-state index in [1.165, 1.54) is 18.3 Å². The number of rotatable bonds is 6. The largest absolute Gasteiger partial charge is 0.379 e. The molecule has 1 N–H and O–H groups in total. The maximum atomic E-state index is 12.4. The van der Waals surface area contributed by atoms with Crippen LogP contribution in [0, 0.1) is 0 Å². The highest BCUT2D eigenvalue weighted by molar-refractivity contribution is 7.16. The van der Waals surface area contributed by atoms with Crippen LogP contribution in [-0.2, 0) is 4.74 Å². The van der Waals surface area contributed by atoms with Gasteiger partial charge in [0.15, 0.2) is 5.78 Å². The Kier molecular flexibility index (Phi) is 6.77. The smallest absolute Gasteiger partial charge is 0.322 e. The number of likely N-dealkylation sites (N-methyl/N-ethyl adjacent to an activating group) is 1. The molecule has 0 spiro atoms. The maximum absolute atomic E-state index is 12.4. The fourth-order valence-corrected chi connectivity index (χ4v) is 3.56. The van der Waals surface area contributed by atoms with Crippen LogP contribution < -0.4 is 5.32 Å². The lowest BCUT2D eigenvalue weighted by atomic mass is 10.1. The quantitative estimate of drug-likeness (QED) is 0.799. The van der Waals surface area contributed by atoms with E-state index in [1.54, 1.807) is 11.9 Å². The number of ketones is 1. The number of morpholine rings is 1. The molecule has 1 aliphatic rings. The van der Waals surface area contributed by atoms with Crippen LogP contribution in [0.15, 0.2) is 6.07 Å². The van der Waals surface area contributed by atoms with Crippen LogP contribution in [0.25, 0.3) is 0 Å². The molecule has 2 rings (SSSR count). The average molecular weight is 353 g/mol. The summed E-state index contributed by atoms with van der Waals surface area (Å²) in [6, 6.07) is 1.71. The zero-order valence-corrected chi connectivity index (χ0v) is 15.7. The number of anilines is 1. The molecule has 134 valence electrons. The van der Waals surface area contributed by atoms with Gasteiger partial charge in [0.2, 0.25) is 0 Å². The van der Waals surface area contributed by atoms with Gasteiger partial charge in [0.05, 0.1) is 18.8 Å². The first-order chi connectivity index (χ1) is 11.4. The SMILES string of the molecule is CC(=O)c1cc(C(C)C)sc1NC(=O)N(C)CCN1CCOCC1. The van der Waals surface area contributed by atoms with Gasteiger partial charge in [-0.1, -0.05) is 13.8 Å². The minimum Gasteiger partial charge on any atom is -0.379 e. The Labute approximate surface area is 147 Å². The number of amides is 2. The Bertz CT molecular complexity index is 580. The van der Waals surface area contributed by atoms with Crippen LogP contribution in [0.4, 0.5) is 9.80 Å². The molecule has 1 aromatic rings. The minimum atomic E-state index is -0.178. The molecule has 1 saturated heterocycles. The Hall–Kier alpha value is -1.44. The summed E-state index contributed by atoms with van der Waals surface area (Å²) in [5.74, 6) is 0.308. The van der Waals surface area contributed by atoms with Gasteiger partial charge in [0.1, 0.15) is 5.00 Å². The summed E-state index contributed by atoms with van der Waals surface area (Å²) in [4.78, 5) is 29.3. The second kappa shape index (κ2) is 8.60. The summed E-state index contributed by atoms with van der Waals surface area (Å²) < 4.78 is 5.33. The number of carbonyl (C=O) groups excluding carboxylic acids is 2. The number of nitrogens with zero attached hydrogens (tertiary/aromatic N) is 2. The van der Waals surface area contributed by atoms with E-state index in [0.717, 1.165) is 37.7 Å². The van der Waals surface area contributed by atoms with Crippen molar-refractivity contribution in [3.8, 4) is 0 Å². The number of nitrogens with one attached hydrogen (secondary N) is 1. The van der Waals surface area contributed by atoms with E-state index in [-0.39, 0.29) is 11.8 Å². The van der Waals surface area contributed by atoms with E-state index in [1.807, 2.05) is 6.07 Å². The van der Waals surface area contributed by atoms with Gasteiger partial charge in [0, 0.05) is 38.1 Å². The van der Waals surface area contributed by atoms with Crippen LogP contribution >= 0.6 is 11.3 Å². The summed E-state index contributed by atoms with van der Waals surface area (Å²) in [5.41, 5.74) is 0.596. The molecule has 6 nitrogen and oxygen atoms in total. The van der Waals surface area contributed by atoms with Gasteiger partial charge in [0.25, 0.3) is 0 Å². The summed E-state index contributed by atoms with van der Waals surface area (Å²) >= 11 is 1.48. The fraction of sp³-hybridized carbons (Fsp3) is 0.647. The predicted octanol–water partition coefficient (Wildman–Crippen LogP) is 2.87. The molecule has 0 unspecified atom stereocenters. The molecule has 0 bridgehead atoms. The molecule has 0 saturated carbocycles. The van der Waals surface area contributed by atoms with Crippen LogP contribution in [0.1, 0.15) is 41.9 Å². The van der Waals surface area contributed by atoms with Crippen molar-refractivity contribution in [2.24, 2.45) is 0 Å². The number of thiophene rings is 1. The second-order valence-electron chi connectivity index (χ2n) is 6.41. The van der Waals surface area contributed by atoms with Gasteiger partial charge in [-0.05, 0) is 18.9 Å². The first kappa shape index (κ1) is 18.9. The van der Waals surface area contributed by atoms with Crippen LogP contribution in [-0.4, -0.2) is 68.1 Å². The van der Waals surface area contributed by atoms with Crippen molar-refractivity contribution >= 4 is 28.2 Å². The minimum absolute atomic E-state index is 0.0237. The van der Waals surface area contributed by atoms with Gasteiger partial charge in [-0.2, -0.15) is 0 Å². The summed E-state index contributed by atoms with van der Waals surface area (Å²) in [6.07, 6.45) is 0. The zero-order chi connectivity index (χ0) is 17.7. The van der Waals surface area contributed by atoms with Gasteiger partial charge in [-0.25, -0.2) is 4.79 Å². The van der Waals surface area contributed by atoms with E-state index in [9.17, 15) is 9.59 Å². The first-order valence-corrected chi connectivity index (χ1v) is 9.17. The van der Waals surface area contributed by atoms with Gasteiger partial charge >= 0.3 is 6.03 Å². The highest BCUT2D eigenvalue weighted by Crippen LogP contribution is 2.33. The van der Waals surface area contributed by atoms with Crippen molar-refractivity contribution in [2.75, 3.05) is 51.8 Å². The topological polar surface area (TPSA) is 61.9 Å². The first-order valence-electron chi connectivity index (χ1n) is 8.35. The lowest BCUT2D eigenvalue weighted by molar-refractivity contribution is 0.0359. The predicted molar refractivity (Wildman–Crippen MR) is 97.3 cm³/mol. The Balaban J connectivity index is 1.94. The Morgan fingerprint density at radius 1 is 1.38 bits per heavy atom. The lowest BCUT2D eigenvalue weighted by Gasteiger charge is -2.28. The van der Waals surface area contributed by atoms with Crippen LogP contribution in [0.5, 0.6) is 0 Å². The maximum Gasteiger partial charge on any atom is 0.322 e. The molecule has 0 aliphatic carbocycles. The van der Waals surface area contributed by atoms with Crippen molar-refractivity contribution in [3.05, 3.63) is 16.5 Å². The van der Waals surface area contributed by atoms with E-state index in [0.29, 0.717) is 23.0 Å². The third kappa shape index (κ3) is 5.03. The molecule has 1 fully saturated rings. The van der Waals surface area contributed by atoms with Crippen LogP contribution in [0.3, 0.4) is 0 Å². The fourth-order valence-electron chi connectivity index (χ4n) is 2.46. The molecule has 2 amide bonds. The number of Topliss-reactive ketones (excluding diaryl/α,β-unsaturated/α-hetero) is 1. The molecule has 1 aromatic heterocycles. The second-order valence-corrected chi connectivity index (χ2v) is 7.49. The van der Waals surface area contributed by atoms with Gasteiger partial charge in [-0.15, -0.1) is 11.3 Å². The molecule has 1 aliphatic heterocycles. The zero-order valence-electron chi connectivity index (χ0n) is 14.9. The normalized spacial score (nSPS) is 15.5. The van der Waals surface area contributed by atoms with E-state index >= 15 is 0 Å². The number of hydrogen-bond acceptors (Lipinski definition) is 5. The highest BCUT2D eigenvalue weighted by atomic mass is 32.1. The van der Waals surface area contributed by atoms with Gasteiger partial charge < -0.3 is 9.64 Å². The van der Waals surface area contributed by atoms with Gasteiger partial charge in [-0.3, -0.25) is 15.0 Å². The van der Waals surface area contributed by atoms with E-state index in [4.69, 9.17) is 4.74 Å². The molecule has 24 heavy (non-hydrogen) atoms. The standard InChI is InChI=1S/C17H27N3O3S/c1-12(2)15-11-14(13(3)21)16(24-15)18-17(22)19(4)5-6-20-7-9-23-10-8-20/h11-12H,5-10H2,1-4H3,(H,18,22). The molecule has 0 aromatic carbocycles.